The van der Waals surface area contributed by atoms with Crippen molar-refractivity contribution in [3.05, 3.63) is 29.7 Å². The summed E-state index contributed by atoms with van der Waals surface area (Å²) in [5, 5.41) is 5.34. The fourth-order valence-corrected chi connectivity index (χ4v) is 3.62. The molecule has 0 spiro atoms. The molecule has 0 aliphatic carbocycles. The maximum Gasteiger partial charge on any atom is 0.232 e. The number of carbonyl (C=O) groups is 1. The van der Waals surface area contributed by atoms with Crippen LogP contribution in [0.3, 0.4) is 0 Å². The maximum absolute atomic E-state index is 12.3. The second kappa shape index (κ2) is 6.05. The zero-order valence-corrected chi connectivity index (χ0v) is 13.2. The predicted molar refractivity (Wildman–Crippen MR) is 84.5 cm³/mol. The molecule has 1 aliphatic heterocycles. The fourth-order valence-electron chi connectivity index (χ4n) is 2.32. The molecule has 1 aliphatic rings. The van der Waals surface area contributed by atoms with Crippen molar-refractivity contribution in [3.63, 3.8) is 0 Å². The monoisotopic (exact) mass is 321 g/mol. The van der Waals surface area contributed by atoms with Gasteiger partial charge >= 0.3 is 0 Å². The van der Waals surface area contributed by atoms with E-state index in [-0.39, 0.29) is 17.9 Å². The van der Waals surface area contributed by atoms with Gasteiger partial charge in [-0.05, 0) is 24.8 Å². The number of hydrogen-bond donors (Lipinski definition) is 1. The molecule has 1 saturated heterocycles. The Bertz CT molecular complexity index is 651. The number of nitrogens with zero attached hydrogens (tertiary/aromatic N) is 2. The summed E-state index contributed by atoms with van der Waals surface area (Å²) in [5.74, 6) is 0.385. The first-order chi connectivity index (χ1) is 10.1. The van der Waals surface area contributed by atoms with Crippen LogP contribution in [0.2, 0.25) is 0 Å². The number of aromatic nitrogens is 2. The van der Waals surface area contributed by atoms with Crippen LogP contribution in [-0.4, -0.2) is 28.0 Å². The highest BCUT2D eigenvalue weighted by Gasteiger charge is 2.34. The summed E-state index contributed by atoms with van der Waals surface area (Å²) >= 11 is 2.77. The lowest BCUT2D eigenvalue weighted by Gasteiger charge is -2.17. The van der Waals surface area contributed by atoms with Crippen molar-refractivity contribution < 1.29 is 9.53 Å². The maximum atomic E-state index is 12.3. The Balaban J connectivity index is 1.69. The van der Waals surface area contributed by atoms with E-state index in [9.17, 15) is 4.79 Å². The fraction of sp³-hybridized carbons (Fsp3) is 0.357. The molecule has 0 bridgehead atoms. The van der Waals surface area contributed by atoms with E-state index in [2.05, 4.69) is 21.3 Å². The SMILES string of the molecule is C=C(C)[C@@H]1OCC[C@@H]1C(=O)Nc1nc(-c2cccs2)ns1. The average Bonchev–Trinajstić information content (AvgIpc) is 3.19. The minimum atomic E-state index is -0.199. The highest BCUT2D eigenvalue weighted by atomic mass is 32.1. The number of nitrogens with one attached hydrogen (secondary N) is 1. The molecule has 5 nitrogen and oxygen atoms in total. The Hall–Kier alpha value is -1.57. The molecule has 1 fully saturated rings. The van der Waals surface area contributed by atoms with Crippen LogP contribution in [0.5, 0.6) is 0 Å². The zero-order chi connectivity index (χ0) is 14.8. The predicted octanol–water partition coefficient (Wildman–Crippen LogP) is 3.19. The molecule has 1 amide bonds. The Kier molecular flexibility index (Phi) is 4.14. The molecule has 0 saturated carbocycles. The quantitative estimate of drug-likeness (QED) is 0.878. The first-order valence-corrected chi connectivity index (χ1v) is 8.26. The number of anilines is 1. The van der Waals surface area contributed by atoms with Crippen LogP contribution in [0.25, 0.3) is 10.7 Å². The number of thiophene rings is 1. The molecule has 2 aromatic heterocycles. The lowest BCUT2D eigenvalue weighted by molar-refractivity contribution is -0.120. The molecule has 0 radical (unpaired) electrons. The lowest BCUT2D eigenvalue weighted by Crippen LogP contribution is -2.30. The molecule has 2 atom stereocenters. The molecule has 7 heteroatoms. The van der Waals surface area contributed by atoms with Crippen LogP contribution < -0.4 is 5.32 Å². The van der Waals surface area contributed by atoms with Gasteiger partial charge in [0.15, 0.2) is 5.82 Å². The standard InChI is InChI=1S/C14H15N3O2S2/c1-8(2)11-9(5-6-19-11)13(18)16-14-15-12(17-21-14)10-4-3-7-20-10/h3-4,7,9,11H,1,5-6H2,2H3,(H,15,16,17,18)/t9-,11-/m0/s1. The third kappa shape index (κ3) is 3.04. The number of amides is 1. The van der Waals surface area contributed by atoms with Crippen molar-refractivity contribution >= 4 is 33.9 Å². The van der Waals surface area contributed by atoms with Crippen LogP contribution in [0, 0.1) is 5.92 Å². The Morgan fingerprint density at radius 2 is 2.43 bits per heavy atom. The molecule has 0 unspecified atom stereocenters. The third-order valence-corrected chi connectivity index (χ3v) is 4.81. The second-order valence-electron chi connectivity index (χ2n) is 4.92. The molecule has 1 N–H and O–H groups in total. The van der Waals surface area contributed by atoms with E-state index in [0.29, 0.717) is 24.0 Å². The van der Waals surface area contributed by atoms with Gasteiger partial charge < -0.3 is 10.1 Å². The van der Waals surface area contributed by atoms with Crippen LogP contribution in [0.4, 0.5) is 5.13 Å². The first kappa shape index (κ1) is 14.4. The number of ether oxygens (including phenoxy) is 1. The number of hydrogen-bond acceptors (Lipinski definition) is 6. The molecule has 21 heavy (non-hydrogen) atoms. The average molecular weight is 321 g/mol. The minimum Gasteiger partial charge on any atom is -0.373 e. The van der Waals surface area contributed by atoms with E-state index in [4.69, 9.17) is 4.74 Å². The van der Waals surface area contributed by atoms with Crippen LogP contribution >= 0.6 is 22.9 Å². The van der Waals surface area contributed by atoms with Crippen LogP contribution in [0.1, 0.15) is 13.3 Å². The summed E-state index contributed by atoms with van der Waals surface area (Å²) in [4.78, 5) is 17.7. The zero-order valence-electron chi connectivity index (χ0n) is 11.5. The van der Waals surface area contributed by atoms with E-state index in [1.54, 1.807) is 11.3 Å². The van der Waals surface area contributed by atoms with Gasteiger partial charge in [0.25, 0.3) is 0 Å². The molecule has 2 aromatic rings. The van der Waals surface area contributed by atoms with Gasteiger partial charge in [0.1, 0.15) is 0 Å². The van der Waals surface area contributed by atoms with Gasteiger partial charge in [-0.3, -0.25) is 4.79 Å². The summed E-state index contributed by atoms with van der Waals surface area (Å²) < 4.78 is 9.83. The van der Waals surface area contributed by atoms with Crippen molar-refractivity contribution in [3.8, 4) is 10.7 Å². The van der Waals surface area contributed by atoms with Crippen molar-refractivity contribution in [2.45, 2.75) is 19.4 Å². The van der Waals surface area contributed by atoms with E-state index in [1.165, 1.54) is 11.5 Å². The summed E-state index contributed by atoms with van der Waals surface area (Å²) in [5.41, 5.74) is 0.879. The van der Waals surface area contributed by atoms with Crippen LogP contribution in [-0.2, 0) is 9.53 Å². The topological polar surface area (TPSA) is 64.1 Å². The van der Waals surface area contributed by atoms with Gasteiger partial charge in [-0.25, -0.2) is 0 Å². The van der Waals surface area contributed by atoms with Gasteiger partial charge in [-0.1, -0.05) is 18.2 Å². The summed E-state index contributed by atoms with van der Waals surface area (Å²) in [7, 11) is 0. The van der Waals surface area contributed by atoms with Gasteiger partial charge in [-0.2, -0.15) is 9.36 Å². The number of carbonyl (C=O) groups excluding carboxylic acids is 1. The Labute approximate surface area is 130 Å². The van der Waals surface area contributed by atoms with Crippen molar-refractivity contribution in [2.24, 2.45) is 5.92 Å². The Morgan fingerprint density at radius 3 is 3.14 bits per heavy atom. The summed E-state index contributed by atoms with van der Waals surface area (Å²) in [6, 6.07) is 3.91. The number of rotatable bonds is 4. The van der Waals surface area contributed by atoms with E-state index in [0.717, 1.165) is 10.5 Å². The Morgan fingerprint density at radius 1 is 1.57 bits per heavy atom. The van der Waals surface area contributed by atoms with E-state index >= 15 is 0 Å². The highest BCUT2D eigenvalue weighted by molar-refractivity contribution is 7.14. The van der Waals surface area contributed by atoms with Gasteiger partial charge in [0.2, 0.25) is 11.0 Å². The van der Waals surface area contributed by atoms with Crippen molar-refractivity contribution in [2.75, 3.05) is 11.9 Å². The lowest BCUT2D eigenvalue weighted by atomic mass is 9.96. The molecule has 0 aromatic carbocycles. The van der Waals surface area contributed by atoms with E-state index in [1.807, 2.05) is 24.4 Å². The van der Waals surface area contributed by atoms with Gasteiger partial charge in [0.05, 0.1) is 16.9 Å². The molecular weight excluding hydrogens is 306 g/mol. The van der Waals surface area contributed by atoms with Crippen molar-refractivity contribution in [1.29, 1.82) is 0 Å². The molecule has 110 valence electrons. The third-order valence-electron chi connectivity index (χ3n) is 3.31. The highest BCUT2D eigenvalue weighted by Crippen LogP contribution is 2.29. The molecule has 3 rings (SSSR count). The van der Waals surface area contributed by atoms with Crippen LogP contribution in [0.15, 0.2) is 29.7 Å². The summed E-state index contributed by atoms with van der Waals surface area (Å²) in [6.45, 7) is 6.36. The van der Waals surface area contributed by atoms with Crippen molar-refractivity contribution in [1.82, 2.24) is 9.36 Å². The first-order valence-electron chi connectivity index (χ1n) is 6.60. The molecular formula is C14H15N3O2S2. The smallest absolute Gasteiger partial charge is 0.232 e. The van der Waals surface area contributed by atoms with Gasteiger partial charge in [-0.15, -0.1) is 11.3 Å². The largest absolute Gasteiger partial charge is 0.373 e. The second-order valence-corrected chi connectivity index (χ2v) is 6.62. The van der Waals surface area contributed by atoms with E-state index < -0.39 is 0 Å². The molecule has 3 heterocycles. The van der Waals surface area contributed by atoms with Gasteiger partial charge in [0, 0.05) is 18.1 Å². The summed E-state index contributed by atoms with van der Waals surface area (Å²) in [6.07, 6.45) is 0.509. The normalized spacial score (nSPS) is 21.4. The minimum absolute atomic E-state index is 0.0746.